The van der Waals surface area contributed by atoms with Gasteiger partial charge in [0, 0.05) is 56.6 Å². The second kappa shape index (κ2) is 8.75. The van der Waals surface area contributed by atoms with E-state index in [1.54, 1.807) is 30.5 Å². The molecule has 1 saturated heterocycles. The molecule has 9 heteroatoms. The summed E-state index contributed by atoms with van der Waals surface area (Å²) in [6.45, 7) is 2.68. The lowest BCUT2D eigenvalue weighted by atomic mass is 10.2. The number of rotatable bonds is 6. The normalized spacial score (nSPS) is 15.7. The minimum Gasteiger partial charge on any atom is -0.422 e. The molecule has 0 unspecified atom stereocenters. The predicted molar refractivity (Wildman–Crippen MR) is 110 cm³/mol. The highest BCUT2D eigenvalue weighted by molar-refractivity contribution is 7.89. The summed E-state index contributed by atoms with van der Waals surface area (Å²) < 4.78 is 33.1. The number of hydrogen-bond acceptors (Lipinski definition) is 7. The maximum atomic E-state index is 13.1. The predicted octanol–water partition coefficient (Wildman–Crippen LogP) is 2.16. The topological polar surface area (TPSA) is 103 Å². The van der Waals surface area contributed by atoms with E-state index in [1.807, 2.05) is 30.3 Å². The van der Waals surface area contributed by atoms with Crippen LogP contribution in [-0.2, 0) is 16.4 Å². The molecule has 0 spiro atoms. The van der Waals surface area contributed by atoms with Crippen molar-refractivity contribution >= 4 is 10.0 Å². The van der Waals surface area contributed by atoms with Crippen molar-refractivity contribution in [2.24, 2.45) is 0 Å². The van der Waals surface area contributed by atoms with E-state index in [1.165, 1.54) is 4.31 Å². The quantitative estimate of drug-likeness (QED) is 0.598. The summed E-state index contributed by atoms with van der Waals surface area (Å²) in [4.78, 5) is 10.6. The molecular weight excluding hydrogens is 402 g/mol. The van der Waals surface area contributed by atoms with E-state index in [4.69, 9.17) is 4.42 Å². The first-order valence-electron chi connectivity index (χ1n) is 9.66. The van der Waals surface area contributed by atoms with Gasteiger partial charge in [0.05, 0.1) is 0 Å². The Bertz CT molecular complexity index is 1130. The third-order valence-corrected chi connectivity index (χ3v) is 6.83. The average Bonchev–Trinajstić information content (AvgIpc) is 3.25. The van der Waals surface area contributed by atoms with Crippen molar-refractivity contribution < 1.29 is 12.8 Å². The molecular formula is C21H21N5O3S. The first-order chi connectivity index (χ1) is 14.6. The second-order valence-electron chi connectivity index (χ2n) is 6.95. The highest BCUT2D eigenvalue weighted by Crippen LogP contribution is 2.27. The summed E-state index contributed by atoms with van der Waals surface area (Å²) in [5.74, 6) is 0.125. The van der Waals surface area contributed by atoms with Gasteiger partial charge >= 0.3 is 0 Å². The monoisotopic (exact) mass is 423 g/mol. The molecule has 2 aromatic heterocycles. The van der Waals surface area contributed by atoms with Crippen molar-refractivity contribution in [3.05, 3.63) is 66.1 Å². The molecule has 154 valence electrons. The van der Waals surface area contributed by atoms with E-state index in [0.29, 0.717) is 31.7 Å². The minimum absolute atomic E-state index is 0.125. The number of oxazole rings is 1. The van der Waals surface area contributed by atoms with Crippen molar-refractivity contribution in [3.63, 3.8) is 0 Å². The lowest BCUT2D eigenvalue weighted by Crippen LogP contribution is -2.49. The Kier molecular flexibility index (Phi) is 5.90. The maximum absolute atomic E-state index is 13.1. The SMILES string of the molecule is N#Cc1nc(-c2ccccc2)oc1S(=O)(=O)N1CCN(CCc2ccccn2)CC1. The van der Waals surface area contributed by atoms with Gasteiger partial charge in [-0.25, -0.2) is 8.42 Å². The number of nitrogens with zero attached hydrogens (tertiary/aromatic N) is 5. The van der Waals surface area contributed by atoms with Gasteiger partial charge in [-0.05, 0) is 24.3 Å². The van der Waals surface area contributed by atoms with E-state index in [9.17, 15) is 13.7 Å². The Morgan fingerprint density at radius 3 is 2.43 bits per heavy atom. The van der Waals surface area contributed by atoms with Crippen LogP contribution < -0.4 is 0 Å². The Hall–Kier alpha value is -3.06. The van der Waals surface area contributed by atoms with Crippen molar-refractivity contribution in [1.29, 1.82) is 5.26 Å². The van der Waals surface area contributed by atoms with Crippen molar-refractivity contribution in [2.45, 2.75) is 11.5 Å². The molecule has 4 rings (SSSR count). The zero-order valence-electron chi connectivity index (χ0n) is 16.3. The second-order valence-corrected chi connectivity index (χ2v) is 8.79. The summed E-state index contributed by atoms with van der Waals surface area (Å²) in [6, 6.07) is 16.6. The lowest BCUT2D eigenvalue weighted by molar-refractivity contribution is 0.188. The van der Waals surface area contributed by atoms with E-state index in [-0.39, 0.29) is 16.7 Å². The van der Waals surface area contributed by atoms with Crippen LogP contribution >= 0.6 is 0 Å². The highest BCUT2D eigenvalue weighted by Gasteiger charge is 2.34. The van der Waals surface area contributed by atoms with Gasteiger partial charge in [-0.15, -0.1) is 0 Å². The zero-order valence-corrected chi connectivity index (χ0v) is 17.1. The zero-order chi connectivity index (χ0) is 21.0. The van der Waals surface area contributed by atoms with Gasteiger partial charge in [0.15, 0.2) is 5.69 Å². The van der Waals surface area contributed by atoms with Gasteiger partial charge < -0.3 is 9.32 Å². The third-order valence-electron chi connectivity index (χ3n) is 5.04. The van der Waals surface area contributed by atoms with Crippen LogP contribution in [0.5, 0.6) is 0 Å². The van der Waals surface area contributed by atoms with Crippen LogP contribution in [0.15, 0.2) is 64.2 Å². The van der Waals surface area contributed by atoms with Crippen LogP contribution in [0.3, 0.4) is 0 Å². The molecule has 1 aromatic carbocycles. The fourth-order valence-corrected chi connectivity index (χ4v) is 4.78. The lowest BCUT2D eigenvalue weighted by Gasteiger charge is -2.33. The largest absolute Gasteiger partial charge is 0.422 e. The Balaban J connectivity index is 1.45. The third kappa shape index (κ3) is 4.26. The first kappa shape index (κ1) is 20.2. The summed E-state index contributed by atoms with van der Waals surface area (Å²) >= 11 is 0. The number of benzene rings is 1. The fourth-order valence-electron chi connectivity index (χ4n) is 3.39. The Labute approximate surface area is 175 Å². The van der Waals surface area contributed by atoms with Crippen LogP contribution in [0.2, 0.25) is 0 Å². The molecule has 3 aromatic rings. The molecule has 0 aliphatic carbocycles. The van der Waals surface area contributed by atoms with Crippen LogP contribution in [-0.4, -0.2) is 60.3 Å². The molecule has 0 radical (unpaired) electrons. The molecule has 0 amide bonds. The standard InChI is InChI=1S/C21H21N5O3S/c22-16-19-21(29-20(24-19)17-6-2-1-3-7-17)30(27,28)26-14-12-25(13-15-26)11-9-18-8-4-5-10-23-18/h1-8,10H,9,11-15H2. The van der Waals surface area contributed by atoms with Gasteiger partial charge in [-0.3, -0.25) is 4.98 Å². The summed E-state index contributed by atoms with van der Waals surface area (Å²) in [5.41, 5.74) is 1.42. The first-order valence-corrected chi connectivity index (χ1v) is 11.1. The van der Waals surface area contributed by atoms with Crippen LogP contribution in [0.4, 0.5) is 0 Å². The van der Waals surface area contributed by atoms with Crippen LogP contribution in [0, 0.1) is 11.3 Å². The number of nitriles is 1. The maximum Gasteiger partial charge on any atom is 0.279 e. The summed E-state index contributed by atoms with van der Waals surface area (Å²) in [6.07, 6.45) is 2.59. The number of sulfonamides is 1. The molecule has 0 N–H and O–H groups in total. The Morgan fingerprint density at radius 1 is 1.03 bits per heavy atom. The van der Waals surface area contributed by atoms with Crippen molar-refractivity contribution in [3.8, 4) is 17.5 Å². The van der Waals surface area contributed by atoms with E-state index in [0.717, 1.165) is 18.7 Å². The number of piperazine rings is 1. The molecule has 1 fully saturated rings. The van der Waals surface area contributed by atoms with Crippen LogP contribution in [0.25, 0.3) is 11.5 Å². The van der Waals surface area contributed by atoms with Gasteiger partial charge in [0.2, 0.25) is 5.89 Å². The number of hydrogen-bond donors (Lipinski definition) is 0. The van der Waals surface area contributed by atoms with Crippen molar-refractivity contribution in [1.82, 2.24) is 19.2 Å². The average molecular weight is 423 g/mol. The van der Waals surface area contributed by atoms with Gasteiger partial charge in [-0.2, -0.15) is 14.6 Å². The van der Waals surface area contributed by atoms with Crippen molar-refractivity contribution in [2.75, 3.05) is 32.7 Å². The molecule has 1 aliphatic heterocycles. The number of aromatic nitrogens is 2. The van der Waals surface area contributed by atoms with Crippen LogP contribution in [0.1, 0.15) is 11.4 Å². The molecule has 8 nitrogen and oxygen atoms in total. The number of pyridine rings is 1. The molecule has 30 heavy (non-hydrogen) atoms. The van der Waals surface area contributed by atoms with E-state index >= 15 is 0 Å². The van der Waals surface area contributed by atoms with E-state index in [2.05, 4.69) is 14.9 Å². The van der Waals surface area contributed by atoms with Gasteiger partial charge in [0.1, 0.15) is 6.07 Å². The minimum atomic E-state index is -3.94. The fraction of sp³-hybridized carbons (Fsp3) is 0.286. The molecule has 0 saturated carbocycles. The molecule has 0 bridgehead atoms. The van der Waals surface area contributed by atoms with Gasteiger partial charge in [0.25, 0.3) is 15.1 Å². The Morgan fingerprint density at radius 2 is 1.77 bits per heavy atom. The molecule has 0 atom stereocenters. The molecule has 3 heterocycles. The smallest absolute Gasteiger partial charge is 0.279 e. The summed E-state index contributed by atoms with van der Waals surface area (Å²) in [5, 5.41) is 9.01. The molecule has 1 aliphatic rings. The van der Waals surface area contributed by atoms with Gasteiger partial charge in [-0.1, -0.05) is 24.3 Å². The van der Waals surface area contributed by atoms with E-state index < -0.39 is 10.0 Å². The highest BCUT2D eigenvalue weighted by atomic mass is 32.2. The summed E-state index contributed by atoms with van der Waals surface area (Å²) in [7, 11) is -3.94.